The van der Waals surface area contributed by atoms with Crippen LogP contribution in [0.15, 0.2) is 18.2 Å². The Labute approximate surface area is 106 Å². The highest BCUT2D eigenvalue weighted by Gasteiger charge is 2.26. The number of rotatable bonds is 4. The van der Waals surface area contributed by atoms with Gasteiger partial charge in [-0.25, -0.2) is 4.79 Å². The maximum atomic E-state index is 11.9. The molecule has 0 aliphatic rings. The van der Waals surface area contributed by atoms with Crippen molar-refractivity contribution >= 4 is 17.6 Å². The van der Waals surface area contributed by atoms with Crippen LogP contribution in [0.4, 0.5) is 5.69 Å². The summed E-state index contributed by atoms with van der Waals surface area (Å²) in [6, 6.07) is 4.86. The van der Waals surface area contributed by atoms with Crippen molar-refractivity contribution in [2.75, 3.05) is 11.9 Å². The number of carboxylic acid groups (broad SMARTS) is 1. The molecule has 18 heavy (non-hydrogen) atoms. The Balaban J connectivity index is 3.05. The predicted molar refractivity (Wildman–Crippen MR) is 69.6 cm³/mol. The van der Waals surface area contributed by atoms with Gasteiger partial charge in [0.25, 0.3) is 0 Å². The lowest BCUT2D eigenvalue weighted by atomic mass is 9.92. The van der Waals surface area contributed by atoms with Crippen molar-refractivity contribution in [3.8, 4) is 0 Å². The topological polar surface area (TPSA) is 92.4 Å². The lowest BCUT2D eigenvalue weighted by Crippen LogP contribution is -2.37. The zero-order valence-electron chi connectivity index (χ0n) is 10.8. The zero-order valence-corrected chi connectivity index (χ0v) is 10.8. The van der Waals surface area contributed by atoms with Gasteiger partial charge in [-0.15, -0.1) is 0 Å². The first-order chi connectivity index (χ1) is 8.27. The van der Waals surface area contributed by atoms with Crippen LogP contribution in [0.5, 0.6) is 0 Å². The van der Waals surface area contributed by atoms with E-state index in [0.29, 0.717) is 5.69 Å². The van der Waals surface area contributed by atoms with Gasteiger partial charge in [0.05, 0.1) is 16.7 Å². The first kappa shape index (κ1) is 14.2. The fraction of sp³-hybridized carbons (Fsp3) is 0.385. The van der Waals surface area contributed by atoms with E-state index in [1.165, 1.54) is 6.07 Å². The minimum absolute atomic E-state index is 0.0798. The van der Waals surface area contributed by atoms with Crippen LogP contribution in [-0.2, 0) is 4.79 Å². The molecule has 98 valence electrons. The molecule has 0 saturated carbocycles. The summed E-state index contributed by atoms with van der Waals surface area (Å²) in [5.74, 6) is -1.36. The highest BCUT2D eigenvalue weighted by molar-refractivity contribution is 6.02. The van der Waals surface area contributed by atoms with Gasteiger partial charge in [-0.1, -0.05) is 11.6 Å². The van der Waals surface area contributed by atoms with E-state index in [1.807, 2.05) is 0 Å². The van der Waals surface area contributed by atoms with Gasteiger partial charge in [-0.05, 0) is 32.9 Å². The second-order valence-electron chi connectivity index (χ2n) is 4.90. The van der Waals surface area contributed by atoms with Crippen molar-refractivity contribution in [1.82, 2.24) is 0 Å². The smallest absolute Gasteiger partial charge is 0.337 e. The normalized spacial score (nSPS) is 11.1. The number of hydrogen-bond donors (Lipinski definition) is 3. The molecule has 5 nitrogen and oxygen atoms in total. The Hall–Kier alpha value is -1.88. The van der Waals surface area contributed by atoms with E-state index in [2.05, 4.69) is 5.32 Å². The fourth-order valence-corrected chi connectivity index (χ4v) is 1.33. The number of amides is 1. The zero-order chi connectivity index (χ0) is 13.9. The van der Waals surface area contributed by atoms with E-state index in [1.54, 1.807) is 32.9 Å². The standard InChI is InChI=1S/C13H18N2O3/c1-8-4-5-10(9(6-8)11(16)17)15-12(18)13(2,3)7-14/h4-6H,7,14H2,1-3H3,(H,15,18)(H,16,17). The number of anilines is 1. The van der Waals surface area contributed by atoms with Crippen molar-refractivity contribution < 1.29 is 14.7 Å². The minimum Gasteiger partial charge on any atom is -0.478 e. The van der Waals surface area contributed by atoms with Gasteiger partial charge >= 0.3 is 5.97 Å². The molecule has 0 radical (unpaired) electrons. The number of benzene rings is 1. The van der Waals surface area contributed by atoms with Crippen molar-refractivity contribution in [2.45, 2.75) is 20.8 Å². The molecule has 0 aromatic heterocycles. The summed E-state index contributed by atoms with van der Waals surface area (Å²) in [4.78, 5) is 23.0. The molecule has 1 aromatic rings. The second kappa shape index (κ2) is 5.18. The van der Waals surface area contributed by atoms with E-state index in [9.17, 15) is 9.59 Å². The molecule has 0 spiro atoms. The third-order valence-corrected chi connectivity index (χ3v) is 2.78. The number of carboxylic acids is 1. The Kier molecular flexibility index (Phi) is 4.08. The minimum atomic E-state index is -1.07. The van der Waals surface area contributed by atoms with Crippen LogP contribution < -0.4 is 11.1 Å². The number of hydrogen-bond acceptors (Lipinski definition) is 3. The summed E-state index contributed by atoms with van der Waals surface area (Å²) in [5, 5.41) is 11.7. The maximum Gasteiger partial charge on any atom is 0.337 e. The highest BCUT2D eigenvalue weighted by atomic mass is 16.4. The Morgan fingerprint density at radius 2 is 2.00 bits per heavy atom. The summed E-state index contributed by atoms with van der Waals surface area (Å²) in [6.45, 7) is 5.39. The molecule has 0 heterocycles. The van der Waals surface area contributed by atoms with Gasteiger partial charge in [0.1, 0.15) is 0 Å². The molecule has 4 N–H and O–H groups in total. The molecule has 1 amide bonds. The van der Waals surface area contributed by atoms with Crippen LogP contribution in [0, 0.1) is 12.3 Å². The van der Waals surface area contributed by atoms with E-state index in [0.717, 1.165) is 5.56 Å². The number of nitrogens with one attached hydrogen (secondary N) is 1. The molecule has 1 aromatic carbocycles. The third-order valence-electron chi connectivity index (χ3n) is 2.78. The lowest BCUT2D eigenvalue weighted by molar-refractivity contribution is -0.123. The number of aryl methyl sites for hydroxylation is 1. The van der Waals surface area contributed by atoms with E-state index in [-0.39, 0.29) is 18.0 Å². The molecule has 0 aliphatic carbocycles. The molecular formula is C13H18N2O3. The Bertz CT molecular complexity index is 481. The monoisotopic (exact) mass is 250 g/mol. The first-order valence-electron chi connectivity index (χ1n) is 5.63. The molecule has 0 unspecified atom stereocenters. The maximum absolute atomic E-state index is 11.9. The van der Waals surface area contributed by atoms with Crippen LogP contribution in [-0.4, -0.2) is 23.5 Å². The van der Waals surface area contributed by atoms with Crippen LogP contribution in [0.3, 0.4) is 0 Å². The number of carbonyl (C=O) groups excluding carboxylic acids is 1. The average molecular weight is 250 g/mol. The predicted octanol–water partition coefficient (Wildman–Crippen LogP) is 1.62. The quantitative estimate of drug-likeness (QED) is 0.757. The van der Waals surface area contributed by atoms with Gasteiger partial charge in [-0.3, -0.25) is 4.79 Å². The second-order valence-corrected chi connectivity index (χ2v) is 4.90. The summed E-state index contributed by atoms with van der Waals surface area (Å²) in [6.07, 6.45) is 0. The third kappa shape index (κ3) is 3.07. The first-order valence-corrected chi connectivity index (χ1v) is 5.63. The van der Waals surface area contributed by atoms with Gasteiger partial charge < -0.3 is 16.2 Å². The van der Waals surface area contributed by atoms with E-state index in [4.69, 9.17) is 10.8 Å². The average Bonchev–Trinajstić information content (AvgIpc) is 2.31. The summed E-state index contributed by atoms with van der Waals surface area (Å²) >= 11 is 0. The summed E-state index contributed by atoms with van der Waals surface area (Å²) in [5.41, 5.74) is 5.96. The molecule has 0 saturated heterocycles. The number of nitrogens with two attached hydrogens (primary N) is 1. The van der Waals surface area contributed by atoms with E-state index < -0.39 is 11.4 Å². The number of carbonyl (C=O) groups is 2. The molecule has 5 heteroatoms. The Morgan fingerprint density at radius 1 is 1.39 bits per heavy atom. The molecule has 0 fully saturated rings. The van der Waals surface area contributed by atoms with Crippen molar-refractivity contribution in [2.24, 2.45) is 11.1 Å². The van der Waals surface area contributed by atoms with Crippen LogP contribution >= 0.6 is 0 Å². The van der Waals surface area contributed by atoms with Crippen molar-refractivity contribution in [3.63, 3.8) is 0 Å². The van der Waals surface area contributed by atoms with Gasteiger partial charge in [0.2, 0.25) is 5.91 Å². The molecule has 0 bridgehead atoms. The van der Waals surface area contributed by atoms with Gasteiger partial charge in [0.15, 0.2) is 0 Å². The van der Waals surface area contributed by atoms with Crippen molar-refractivity contribution in [3.05, 3.63) is 29.3 Å². The molecule has 0 atom stereocenters. The van der Waals surface area contributed by atoms with Crippen LogP contribution in [0.2, 0.25) is 0 Å². The summed E-state index contributed by atoms with van der Waals surface area (Å²) in [7, 11) is 0. The highest BCUT2D eigenvalue weighted by Crippen LogP contribution is 2.21. The number of aromatic carboxylic acids is 1. The molecular weight excluding hydrogens is 232 g/mol. The largest absolute Gasteiger partial charge is 0.478 e. The Morgan fingerprint density at radius 3 is 2.50 bits per heavy atom. The summed E-state index contributed by atoms with van der Waals surface area (Å²) < 4.78 is 0. The fourth-order valence-electron chi connectivity index (χ4n) is 1.33. The van der Waals surface area contributed by atoms with Crippen LogP contribution in [0.1, 0.15) is 29.8 Å². The lowest BCUT2D eigenvalue weighted by Gasteiger charge is -2.22. The van der Waals surface area contributed by atoms with Crippen LogP contribution in [0.25, 0.3) is 0 Å². The molecule has 0 aliphatic heterocycles. The van der Waals surface area contributed by atoms with Crippen molar-refractivity contribution in [1.29, 1.82) is 0 Å². The van der Waals surface area contributed by atoms with Gasteiger partial charge in [-0.2, -0.15) is 0 Å². The van der Waals surface area contributed by atoms with Gasteiger partial charge in [0, 0.05) is 6.54 Å². The van der Waals surface area contributed by atoms with E-state index >= 15 is 0 Å². The molecule has 1 rings (SSSR count). The SMILES string of the molecule is Cc1ccc(NC(=O)C(C)(C)CN)c(C(=O)O)c1.